The summed E-state index contributed by atoms with van der Waals surface area (Å²) in [5, 5.41) is 0. The van der Waals surface area contributed by atoms with Crippen molar-refractivity contribution in [1.82, 2.24) is 4.90 Å². The molecule has 1 atom stereocenters. The molecule has 0 aromatic heterocycles. The summed E-state index contributed by atoms with van der Waals surface area (Å²) in [7, 11) is 0. The molecule has 2 rings (SSSR count). The highest BCUT2D eigenvalue weighted by molar-refractivity contribution is 9.10. The molecule has 1 aliphatic rings. The molecule has 1 aromatic rings. The normalized spacial score (nSPS) is 21.4. The van der Waals surface area contributed by atoms with Crippen LogP contribution in [0.3, 0.4) is 0 Å². The lowest BCUT2D eigenvalue weighted by Crippen LogP contribution is -2.32. The van der Waals surface area contributed by atoms with Crippen molar-refractivity contribution in [3.8, 4) is 0 Å². The maximum absolute atomic E-state index is 13.2. The van der Waals surface area contributed by atoms with Crippen LogP contribution in [0, 0.1) is 11.7 Å². The Morgan fingerprint density at radius 1 is 1.47 bits per heavy atom. The second-order valence-electron chi connectivity index (χ2n) is 5.17. The topological polar surface area (TPSA) is 3.24 Å². The van der Waals surface area contributed by atoms with Gasteiger partial charge < -0.3 is 0 Å². The van der Waals surface area contributed by atoms with E-state index >= 15 is 0 Å². The van der Waals surface area contributed by atoms with Gasteiger partial charge >= 0.3 is 0 Å². The van der Waals surface area contributed by atoms with Gasteiger partial charge in [-0.2, -0.15) is 0 Å². The highest BCUT2D eigenvalue weighted by Gasteiger charge is 2.26. The van der Waals surface area contributed by atoms with Crippen molar-refractivity contribution in [1.29, 1.82) is 0 Å². The molecular formula is C14H19BrFN. The molecule has 0 N–H and O–H groups in total. The Bertz CT molecular complexity index is 392. The average Bonchev–Trinajstić information content (AvgIpc) is 2.72. The van der Waals surface area contributed by atoms with Crippen molar-refractivity contribution in [2.75, 3.05) is 6.54 Å². The van der Waals surface area contributed by atoms with Crippen LogP contribution in [-0.2, 0) is 6.54 Å². The maximum Gasteiger partial charge on any atom is 0.137 e. The Morgan fingerprint density at radius 2 is 2.24 bits per heavy atom. The van der Waals surface area contributed by atoms with E-state index in [0.29, 0.717) is 16.4 Å². The first-order chi connectivity index (χ1) is 8.08. The van der Waals surface area contributed by atoms with Gasteiger partial charge in [-0.1, -0.05) is 19.9 Å². The van der Waals surface area contributed by atoms with Crippen LogP contribution >= 0.6 is 15.9 Å². The molecule has 1 heterocycles. The molecule has 1 aromatic carbocycles. The average molecular weight is 300 g/mol. The number of benzene rings is 1. The molecule has 0 bridgehead atoms. The Morgan fingerprint density at radius 3 is 2.88 bits per heavy atom. The van der Waals surface area contributed by atoms with Gasteiger partial charge in [0.15, 0.2) is 0 Å². The van der Waals surface area contributed by atoms with Crippen molar-refractivity contribution in [3.05, 3.63) is 34.1 Å². The van der Waals surface area contributed by atoms with E-state index in [1.165, 1.54) is 18.4 Å². The van der Waals surface area contributed by atoms with Gasteiger partial charge in [0.1, 0.15) is 5.82 Å². The van der Waals surface area contributed by atoms with Crippen LogP contribution in [-0.4, -0.2) is 17.5 Å². The van der Waals surface area contributed by atoms with Crippen LogP contribution in [0.1, 0.15) is 32.3 Å². The standard InChI is InChI=1S/C14H19BrFN/c1-10(2)14-4-3-7-17(14)9-11-5-6-13(16)12(15)8-11/h5-6,8,10,14H,3-4,7,9H2,1-2H3. The molecule has 1 saturated heterocycles. The van der Waals surface area contributed by atoms with Crippen LogP contribution in [0.15, 0.2) is 22.7 Å². The summed E-state index contributed by atoms with van der Waals surface area (Å²) in [6.45, 7) is 6.66. The number of rotatable bonds is 3. The van der Waals surface area contributed by atoms with Crippen LogP contribution < -0.4 is 0 Å². The highest BCUT2D eigenvalue weighted by Crippen LogP contribution is 2.26. The molecule has 17 heavy (non-hydrogen) atoms. The second kappa shape index (κ2) is 5.49. The van der Waals surface area contributed by atoms with Gasteiger partial charge in [-0.05, 0) is 58.9 Å². The molecule has 1 aliphatic heterocycles. The molecule has 0 spiro atoms. The van der Waals surface area contributed by atoms with E-state index in [0.717, 1.165) is 13.1 Å². The Labute approximate surface area is 111 Å². The van der Waals surface area contributed by atoms with Crippen LogP contribution in [0.2, 0.25) is 0 Å². The fourth-order valence-corrected chi connectivity index (χ4v) is 3.10. The van der Waals surface area contributed by atoms with E-state index < -0.39 is 0 Å². The van der Waals surface area contributed by atoms with E-state index in [4.69, 9.17) is 0 Å². The lowest BCUT2D eigenvalue weighted by atomic mass is 10.0. The first kappa shape index (κ1) is 13.0. The van der Waals surface area contributed by atoms with Gasteiger partial charge in [0, 0.05) is 12.6 Å². The minimum absolute atomic E-state index is 0.185. The minimum Gasteiger partial charge on any atom is -0.296 e. The van der Waals surface area contributed by atoms with Gasteiger partial charge in [0.25, 0.3) is 0 Å². The Kier molecular flexibility index (Phi) is 4.21. The summed E-state index contributed by atoms with van der Waals surface area (Å²) in [6, 6.07) is 6.00. The van der Waals surface area contributed by atoms with Crippen LogP contribution in [0.5, 0.6) is 0 Å². The van der Waals surface area contributed by atoms with Gasteiger partial charge in [-0.25, -0.2) is 4.39 Å². The zero-order chi connectivity index (χ0) is 12.4. The predicted octanol–water partition coefficient (Wildman–Crippen LogP) is 4.21. The molecule has 1 nitrogen and oxygen atoms in total. The molecule has 1 fully saturated rings. The first-order valence-corrected chi connectivity index (χ1v) is 7.05. The minimum atomic E-state index is -0.185. The molecule has 3 heteroatoms. The predicted molar refractivity (Wildman–Crippen MR) is 72.4 cm³/mol. The Hall–Kier alpha value is -0.410. The lowest BCUT2D eigenvalue weighted by molar-refractivity contribution is 0.199. The molecule has 0 saturated carbocycles. The quantitative estimate of drug-likeness (QED) is 0.808. The van der Waals surface area contributed by atoms with Crippen molar-refractivity contribution in [3.63, 3.8) is 0 Å². The monoisotopic (exact) mass is 299 g/mol. The van der Waals surface area contributed by atoms with E-state index in [-0.39, 0.29) is 5.82 Å². The summed E-state index contributed by atoms with van der Waals surface area (Å²) in [6.07, 6.45) is 2.57. The summed E-state index contributed by atoms with van der Waals surface area (Å²) in [5.74, 6) is 0.511. The van der Waals surface area contributed by atoms with Gasteiger partial charge in [0.05, 0.1) is 4.47 Å². The number of hydrogen-bond donors (Lipinski definition) is 0. The lowest BCUT2D eigenvalue weighted by Gasteiger charge is -2.27. The smallest absolute Gasteiger partial charge is 0.137 e. The molecule has 94 valence electrons. The van der Waals surface area contributed by atoms with Gasteiger partial charge in [-0.15, -0.1) is 0 Å². The number of halogens is 2. The second-order valence-corrected chi connectivity index (χ2v) is 6.03. The van der Waals surface area contributed by atoms with E-state index in [1.807, 2.05) is 12.1 Å². The summed E-state index contributed by atoms with van der Waals surface area (Å²) < 4.78 is 13.7. The SMILES string of the molecule is CC(C)C1CCCN1Cc1ccc(F)c(Br)c1. The fourth-order valence-electron chi connectivity index (χ4n) is 2.68. The number of likely N-dealkylation sites (tertiary alicyclic amines) is 1. The molecule has 0 amide bonds. The number of nitrogens with zero attached hydrogens (tertiary/aromatic N) is 1. The van der Waals surface area contributed by atoms with Crippen molar-refractivity contribution < 1.29 is 4.39 Å². The molecular weight excluding hydrogens is 281 g/mol. The molecule has 0 aliphatic carbocycles. The summed E-state index contributed by atoms with van der Waals surface area (Å²) in [4.78, 5) is 2.52. The first-order valence-electron chi connectivity index (χ1n) is 6.26. The largest absolute Gasteiger partial charge is 0.296 e. The van der Waals surface area contributed by atoms with Crippen molar-refractivity contribution in [2.24, 2.45) is 5.92 Å². The highest BCUT2D eigenvalue weighted by atomic mass is 79.9. The van der Waals surface area contributed by atoms with E-state index in [1.54, 1.807) is 6.07 Å². The number of hydrogen-bond acceptors (Lipinski definition) is 1. The molecule has 0 radical (unpaired) electrons. The van der Waals surface area contributed by atoms with Crippen LogP contribution in [0.4, 0.5) is 4.39 Å². The van der Waals surface area contributed by atoms with E-state index in [2.05, 4.69) is 34.7 Å². The molecule has 1 unspecified atom stereocenters. The fraction of sp³-hybridized carbons (Fsp3) is 0.571. The van der Waals surface area contributed by atoms with Gasteiger partial charge in [-0.3, -0.25) is 4.90 Å². The van der Waals surface area contributed by atoms with Crippen molar-refractivity contribution in [2.45, 2.75) is 39.3 Å². The summed E-state index contributed by atoms with van der Waals surface area (Å²) >= 11 is 3.25. The zero-order valence-corrected chi connectivity index (χ0v) is 12.0. The third-order valence-electron chi connectivity index (χ3n) is 3.55. The third kappa shape index (κ3) is 3.08. The zero-order valence-electron chi connectivity index (χ0n) is 10.4. The Balaban J connectivity index is 2.07. The third-order valence-corrected chi connectivity index (χ3v) is 4.16. The van der Waals surface area contributed by atoms with Crippen molar-refractivity contribution >= 4 is 15.9 Å². The summed E-state index contributed by atoms with van der Waals surface area (Å²) in [5.41, 5.74) is 1.19. The van der Waals surface area contributed by atoms with E-state index in [9.17, 15) is 4.39 Å². The van der Waals surface area contributed by atoms with Gasteiger partial charge in [0.2, 0.25) is 0 Å². The van der Waals surface area contributed by atoms with Crippen LogP contribution in [0.25, 0.3) is 0 Å². The maximum atomic E-state index is 13.2.